The molecule has 0 aliphatic carbocycles. The summed E-state index contributed by atoms with van der Waals surface area (Å²) in [6, 6.07) is 11.0. The van der Waals surface area contributed by atoms with Crippen LogP contribution in [0.25, 0.3) is 11.0 Å². The lowest BCUT2D eigenvalue weighted by molar-refractivity contribution is 0.365. The number of anilines is 1. The summed E-state index contributed by atoms with van der Waals surface area (Å²) in [4.78, 5) is 22.9. The van der Waals surface area contributed by atoms with Crippen LogP contribution >= 0.6 is 0 Å². The van der Waals surface area contributed by atoms with E-state index in [1.54, 1.807) is 6.20 Å². The van der Waals surface area contributed by atoms with Crippen molar-refractivity contribution in [1.29, 1.82) is 0 Å². The van der Waals surface area contributed by atoms with Crippen molar-refractivity contribution >= 4 is 17.0 Å². The lowest BCUT2D eigenvalue weighted by Crippen LogP contribution is -2.41. The van der Waals surface area contributed by atoms with Crippen molar-refractivity contribution in [2.45, 2.75) is 64.5 Å². The standard InChI is InChI=1S/C22H29N5O/c1-22(2,3)27-19-18(15-23-27)20(28)25-21(24-19)26-14-8-7-11-17(26)13-12-16-9-5-4-6-10-16/h4-6,9-10,15,17H,7-8,11-14H2,1-3H3,(H,24,25,28). The van der Waals surface area contributed by atoms with Gasteiger partial charge in [0.1, 0.15) is 5.39 Å². The number of rotatable bonds is 4. The summed E-state index contributed by atoms with van der Waals surface area (Å²) in [6.45, 7) is 7.15. The molecule has 1 saturated heterocycles. The fourth-order valence-electron chi connectivity index (χ4n) is 4.09. The van der Waals surface area contributed by atoms with Crippen molar-refractivity contribution in [3.05, 3.63) is 52.4 Å². The number of aromatic nitrogens is 4. The van der Waals surface area contributed by atoms with Crippen molar-refractivity contribution in [2.75, 3.05) is 11.4 Å². The molecule has 1 aliphatic rings. The van der Waals surface area contributed by atoms with Crippen molar-refractivity contribution in [3.63, 3.8) is 0 Å². The fourth-order valence-corrected chi connectivity index (χ4v) is 4.09. The van der Waals surface area contributed by atoms with Gasteiger partial charge in [0, 0.05) is 12.6 Å². The van der Waals surface area contributed by atoms with Crippen LogP contribution in [0.1, 0.15) is 52.0 Å². The Bertz CT molecular complexity index is 999. The topological polar surface area (TPSA) is 66.8 Å². The van der Waals surface area contributed by atoms with Gasteiger partial charge in [-0.1, -0.05) is 30.3 Å². The molecule has 6 nitrogen and oxygen atoms in total. The Morgan fingerprint density at radius 1 is 1.18 bits per heavy atom. The molecule has 6 heteroatoms. The van der Waals surface area contributed by atoms with E-state index in [1.807, 2.05) is 4.68 Å². The molecule has 0 saturated carbocycles. The van der Waals surface area contributed by atoms with E-state index in [2.05, 4.69) is 66.1 Å². The molecule has 1 N–H and O–H groups in total. The minimum atomic E-state index is -0.228. The minimum absolute atomic E-state index is 0.108. The Hall–Kier alpha value is -2.63. The predicted molar refractivity (Wildman–Crippen MR) is 113 cm³/mol. The number of benzene rings is 1. The number of fused-ring (bicyclic) bond motifs is 1. The van der Waals surface area contributed by atoms with Gasteiger partial charge >= 0.3 is 0 Å². The van der Waals surface area contributed by atoms with Gasteiger partial charge in [-0.25, -0.2) is 4.68 Å². The maximum Gasteiger partial charge on any atom is 0.263 e. The molecule has 4 rings (SSSR count). The molecule has 2 aromatic heterocycles. The number of piperidine rings is 1. The maximum absolute atomic E-state index is 12.7. The highest BCUT2D eigenvalue weighted by molar-refractivity contribution is 5.74. The highest BCUT2D eigenvalue weighted by Crippen LogP contribution is 2.26. The molecule has 148 valence electrons. The van der Waals surface area contributed by atoms with E-state index >= 15 is 0 Å². The Balaban J connectivity index is 1.65. The van der Waals surface area contributed by atoms with E-state index < -0.39 is 0 Å². The van der Waals surface area contributed by atoms with Crippen LogP contribution in [0.3, 0.4) is 0 Å². The van der Waals surface area contributed by atoms with Gasteiger partial charge in [0.05, 0.1) is 11.7 Å². The highest BCUT2D eigenvalue weighted by atomic mass is 16.1. The van der Waals surface area contributed by atoms with Crippen LogP contribution < -0.4 is 10.5 Å². The summed E-state index contributed by atoms with van der Waals surface area (Å²) in [5.41, 5.74) is 1.69. The van der Waals surface area contributed by atoms with Crippen molar-refractivity contribution in [2.24, 2.45) is 0 Å². The van der Waals surface area contributed by atoms with E-state index in [-0.39, 0.29) is 11.1 Å². The van der Waals surface area contributed by atoms with Gasteiger partial charge in [0.2, 0.25) is 5.95 Å². The van der Waals surface area contributed by atoms with E-state index in [4.69, 9.17) is 4.98 Å². The maximum atomic E-state index is 12.7. The first-order valence-electron chi connectivity index (χ1n) is 10.2. The van der Waals surface area contributed by atoms with Gasteiger partial charge < -0.3 is 4.90 Å². The normalized spacial score (nSPS) is 18.0. The summed E-state index contributed by atoms with van der Waals surface area (Å²) in [5, 5.41) is 4.98. The average molecular weight is 380 g/mol. The van der Waals surface area contributed by atoms with E-state index in [1.165, 1.54) is 12.0 Å². The zero-order valence-electron chi connectivity index (χ0n) is 17.0. The zero-order chi connectivity index (χ0) is 19.7. The Morgan fingerprint density at radius 3 is 2.71 bits per heavy atom. The van der Waals surface area contributed by atoms with E-state index in [0.717, 1.165) is 32.2 Å². The molecule has 0 spiro atoms. The lowest BCUT2D eigenvalue weighted by Gasteiger charge is -2.36. The third-order valence-corrected chi connectivity index (χ3v) is 5.57. The Kier molecular flexibility index (Phi) is 4.96. The van der Waals surface area contributed by atoms with Gasteiger partial charge in [0.15, 0.2) is 5.65 Å². The molecular formula is C22H29N5O. The van der Waals surface area contributed by atoms with Crippen molar-refractivity contribution < 1.29 is 0 Å². The first-order valence-corrected chi connectivity index (χ1v) is 10.2. The SMILES string of the molecule is CC(C)(C)n1ncc2c(=O)[nH]c(N3CCCCC3CCc3ccccc3)nc21. The number of nitrogens with one attached hydrogen (secondary N) is 1. The first kappa shape index (κ1) is 18.7. The molecule has 0 amide bonds. The van der Waals surface area contributed by atoms with Crippen LogP contribution in [0.5, 0.6) is 0 Å². The first-order chi connectivity index (χ1) is 13.4. The third kappa shape index (κ3) is 3.68. The highest BCUT2D eigenvalue weighted by Gasteiger charge is 2.26. The fraction of sp³-hybridized carbons (Fsp3) is 0.500. The number of H-pyrrole nitrogens is 1. The van der Waals surface area contributed by atoms with Gasteiger partial charge in [-0.3, -0.25) is 9.78 Å². The molecule has 1 fully saturated rings. The number of nitrogens with zero attached hydrogens (tertiary/aromatic N) is 4. The molecule has 3 heterocycles. The summed E-state index contributed by atoms with van der Waals surface area (Å²) < 4.78 is 1.85. The molecule has 1 unspecified atom stereocenters. The Labute approximate surface area is 165 Å². The summed E-state index contributed by atoms with van der Waals surface area (Å²) in [6.07, 6.45) is 7.20. The van der Waals surface area contributed by atoms with E-state index in [0.29, 0.717) is 23.0 Å². The van der Waals surface area contributed by atoms with Crippen molar-refractivity contribution in [3.8, 4) is 0 Å². The molecule has 3 aromatic rings. The van der Waals surface area contributed by atoms with Gasteiger partial charge in [-0.05, 0) is 58.4 Å². The second-order valence-electron chi connectivity index (χ2n) is 8.72. The molecule has 0 radical (unpaired) electrons. The van der Waals surface area contributed by atoms with Crippen LogP contribution in [0.15, 0.2) is 41.3 Å². The smallest absolute Gasteiger partial charge is 0.263 e. The van der Waals surface area contributed by atoms with Crippen molar-refractivity contribution in [1.82, 2.24) is 19.7 Å². The molecule has 1 atom stereocenters. The molecule has 0 bridgehead atoms. The predicted octanol–water partition coefficient (Wildman–Crippen LogP) is 3.87. The number of hydrogen-bond donors (Lipinski definition) is 1. The van der Waals surface area contributed by atoms with Crippen LogP contribution in [-0.2, 0) is 12.0 Å². The third-order valence-electron chi connectivity index (χ3n) is 5.57. The van der Waals surface area contributed by atoms with Crippen LogP contribution in [0.2, 0.25) is 0 Å². The largest absolute Gasteiger partial charge is 0.339 e. The van der Waals surface area contributed by atoms with Crippen LogP contribution in [-0.4, -0.2) is 32.3 Å². The molecule has 28 heavy (non-hydrogen) atoms. The summed E-state index contributed by atoms with van der Waals surface area (Å²) in [7, 11) is 0. The monoisotopic (exact) mass is 379 g/mol. The molecule has 1 aromatic carbocycles. The van der Waals surface area contributed by atoms with Gasteiger partial charge in [-0.15, -0.1) is 0 Å². The Morgan fingerprint density at radius 2 is 1.96 bits per heavy atom. The quantitative estimate of drug-likeness (QED) is 0.747. The number of aromatic amines is 1. The summed E-state index contributed by atoms with van der Waals surface area (Å²) >= 11 is 0. The second-order valence-corrected chi connectivity index (χ2v) is 8.72. The zero-order valence-corrected chi connectivity index (χ0v) is 17.0. The second kappa shape index (κ2) is 7.41. The number of aryl methyl sites for hydroxylation is 1. The molecular weight excluding hydrogens is 350 g/mol. The molecule has 1 aliphatic heterocycles. The lowest BCUT2D eigenvalue weighted by atomic mass is 9.96. The number of hydrogen-bond acceptors (Lipinski definition) is 4. The van der Waals surface area contributed by atoms with Crippen LogP contribution in [0.4, 0.5) is 5.95 Å². The average Bonchev–Trinajstić information content (AvgIpc) is 3.12. The minimum Gasteiger partial charge on any atom is -0.339 e. The van der Waals surface area contributed by atoms with E-state index in [9.17, 15) is 4.79 Å². The summed E-state index contributed by atoms with van der Waals surface area (Å²) in [5.74, 6) is 0.682. The van der Waals surface area contributed by atoms with Gasteiger partial charge in [-0.2, -0.15) is 10.1 Å². The van der Waals surface area contributed by atoms with Gasteiger partial charge in [0.25, 0.3) is 5.56 Å². The van der Waals surface area contributed by atoms with Crippen LogP contribution in [0, 0.1) is 0 Å².